The van der Waals surface area contributed by atoms with Crippen molar-refractivity contribution in [3.8, 4) is 0 Å². The zero-order chi connectivity index (χ0) is 7.02. The predicted octanol–water partition coefficient (Wildman–Crippen LogP) is 0.649. The molecule has 0 saturated carbocycles. The van der Waals surface area contributed by atoms with E-state index in [1.807, 2.05) is 22.6 Å². The van der Waals surface area contributed by atoms with Gasteiger partial charge in [-0.05, 0) is 22.6 Å². The molecule has 50 valence electrons. The molecule has 9 heavy (non-hydrogen) atoms. The van der Waals surface area contributed by atoms with Crippen LogP contribution in [0.15, 0.2) is 0 Å². The molecule has 1 aliphatic heterocycles. The van der Waals surface area contributed by atoms with Crippen molar-refractivity contribution in [2.45, 2.75) is 4.05 Å². The zero-order valence-electron chi connectivity index (χ0n) is 4.10. The van der Waals surface area contributed by atoms with Gasteiger partial charge in [0.15, 0.2) is 4.05 Å². The van der Waals surface area contributed by atoms with Gasteiger partial charge in [-0.15, -0.1) is 0 Å². The molecule has 6 heteroatoms. The number of urea groups is 1. The molecule has 1 saturated heterocycles. The van der Waals surface area contributed by atoms with Gasteiger partial charge in [-0.1, -0.05) is 0 Å². The van der Waals surface area contributed by atoms with Crippen LogP contribution >= 0.6 is 45.5 Å². The molecule has 0 aromatic rings. The molecule has 1 N–H and O–H groups in total. The molecule has 1 unspecified atom stereocenters. The minimum atomic E-state index is -0.351. The first-order chi connectivity index (χ1) is 4.13. The quantitative estimate of drug-likeness (QED) is 0.229. The van der Waals surface area contributed by atoms with Crippen LogP contribution in [-0.4, -0.2) is 19.1 Å². The normalized spacial score (nSPS) is 26.9. The molecule has 0 radical (unpaired) electrons. The number of carbonyl (C=O) groups excluding carboxylic acids is 2. The molecule has 3 amide bonds. The van der Waals surface area contributed by atoms with Crippen molar-refractivity contribution in [1.29, 1.82) is 0 Å². The fraction of sp³-hybridized carbons (Fsp3) is 0.333. The number of carbonyl (C=O) groups is 2. The van der Waals surface area contributed by atoms with E-state index in [9.17, 15) is 9.59 Å². The van der Waals surface area contributed by atoms with Gasteiger partial charge in [-0.25, -0.2) is 7.91 Å². The lowest BCUT2D eigenvalue weighted by Crippen LogP contribution is -2.21. The molecule has 0 bridgehead atoms. The standard InChI is InChI=1S/C3H2I2N2O2/c4-1-2(8)6-3(9)7(1)5/h1H,(H,6,8,9). The van der Waals surface area contributed by atoms with E-state index in [4.69, 9.17) is 0 Å². The summed E-state index contributed by atoms with van der Waals surface area (Å²) in [5, 5.41) is 2.15. The van der Waals surface area contributed by atoms with Crippen molar-refractivity contribution in [3.05, 3.63) is 0 Å². The summed E-state index contributed by atoms with van der Waals surface area (Å²) in [5.41, 5.74) is 0. The second-order valence-electron chi connectivity index (χ2n) is 1.44. The third kappa shape index (κ3) is 1.28. The topological polar surface area (TPSA) is 49.4 Å². The van der Waals surface area contributed by atoms with E-state index in [-0.39, 0.29) is 16.0 Å². The number of nitrogens with zero attached hydrogens (tertiary/aromatic N) is 1. The van der Waals surface area contributed by atoms with E-state index >= 15 is 0 Å². The van der Waals surface area contributed by atoms with E-state index in [1.54, 1.807) is 22.9 Å². The van der Waals surface area contributed by atoms with E-state index in [1.165, 1.54) is 3.11 Å². The van der Waals surface area contributed by atoms with Crippen molar-refractivity contribution >= 4 is 57.4 Å². The van der Waals surface area contributed by atoms with Crippen molar-refractivity contribution in [2.75, 3.05) is 0 Å². The van der Waals surface area contributed by atoms with E-state index < -0.39 is 0 Å². The van der Waals surface area contributed by atoms with E-state index in [2.05, 4.69) is 5.32 Å². The molecule has 1 aliphatic rings. The maximum atomic E-state index is 10.6. The third-order valence-corrected chi connectivity index (χ3v) is 4.02. The number of rotatable bonds is 0. The Labute approximate surface area is 79.0 Å². The summed E-state index contributed by atoms with van der Waals surface area (Å²) in [6, 6.07) is -0.333. The molecular formula is C3H2I2N2O2. The molecule has 1 rings (SSSR count). The van der Waals surface area contributed by atoms with Crippen LogP contribution in [0.4, 0.5) is 4.79 Å². The lowest BCUT2D eigenvalue weighted by atomic mass is 10.7. The number of alkyl halides is 1. The minimum Gasteiger partial charge on any atom is -0.275 e. The molecule has 0 aromatic carbocycles. The van der Waals surface area contributed by atoms with Gasteiger partial charge in [-0.2, -0.15) is 0 Å². The smallest absolute Gasteiger partial charge is 0.275 e. The predicted molar refractivity (Wildman–Crippen MR) is 47.2 cm³/mol. The Morgan fingerprint density at radius 2 is 2.11 bits per heavy atom. The summed E-state index contributed by atoms with van der Waals surface area (Å²) in [4.78, 5) is 21.2. The first-order valence-corrected chi connectivity index (χ1v) is 4.28. The fourth-order valence-corrected chi connectivity index (χ4v) is 1.21. The third-order valence-electron chi connectivity index (χ3n) is 0.840. The van der Waals surface area contributed by atoms with Crippen molar-refractivity contribution in [2.24, 2.45) is 0 Å². The van der Waals surface area contributed by atoms with Gasteiger partial charge in [0.2, 0.25) is 0 Å². The highest BCUT2D eigenvalue weighted by Crippen LogP contribution is 2.18. The highest BCUT2D eigenvalue weighted by atomic mass is 127. The number of nitrogens with one attached hydrogen (secondary N) is 1. The SMILES string of the molecule is O=C1NC(=O)N(I)C1I. The van der Waals surface area contributed by atoms with E-state index in [0.717, 1.165) is 0 Å². The van der Waals surface area contributed by atoms with Gasteiger partial charge in [-0.3, -0.25) is 10.1 Å². The number of hydrogen-bond donors (Lipinski definition) is 1. The second kappa shape index (κ2) is 2.56. The summed E-state index contributed by atoms with van der Waals surface area (Å²) >= 11 is 3.68. The van der Waals surface area contributed by atoms with Crippen LogP contribution in [0.1, 0.15) is 0 Å². The maximum absolute atomic E-state index is 10.6. The zero-order valence-corrected chi connectivity index (χ0v) is 8.41. The lowest BCUT2D eigenvalue weighted by Gasteiger charge is -2.03. The maximum Gasteiger partial charge on any atom is 0.334 e. The Morgan fingerprint density at radius 1 is 1.56 bits per heavy atom. The van der Waals surface area contributed by atoms with Crippen LogP contribution in [0.25, 0.3) is 0 Å². The van der Waals surface area contributed by atoms with Crippen LogP contribution in [0.5, 0.6) is 0 Å². The monoisotopic (exact) mass is 352 g/mol. The molecule has 0 aromatic heterocycles. The first kappa shape index (κ1) is 7.51. The van der Waals surface area contributed by atoms with Gasteiger partial charge in [0.1, 0.15) is 0 Å². The molecule has 1 atom stereocenters. The van der Waals surface area contributed by atoms with Crippen molar-refractivity contribution < 1.29 is 9.59 Å². The Bertz CT molecular complexity index is 153. The summed E-state index contributed by atoms with van der Waals surface area (Å²) in [7, 11) is 0. The summed E-state index contributed by atoms with van der Waals surface area (Å²) in [5.74, 6) is -0.241. The number of amides is 3. The average molecular weight is 352 g/mol. The van der Waals surface area contributed by atoms with Crippen LogP contribution < -0.4 is 5.32 Å². The van der Waals surface area contributed by atoms with Crippen LogP contribution in [0.2, 0.25) is 0 Å². The van der Waals surface area contributed by atoms with Crippen LogP contribution in [0, 0.1) is 0 Å². The first-order valence-electron chi connectivity index (χ1n) is 2.07. The van der Waals surface area contributed by atoms with Gasteiger partial charge in [0, 0.05) is 0 Å². The summed E-state index contributed by atoms with van der Waals surface area (Å²) in [6.45, 7) is 0. The Balaban J connectivity index is 2.77. The highest BCUT2D eigenvalue weighted by molar-refractivity contribution is 14.1. The van der Waals surface area contributed by atoms with Crippen molar-refractivity contribution in [1.82, 2.24) is 8.43 Å². The molecule has 4 nitrogen and oxygen atoms in total. The van der Waals surface area contributed by atoms with E-state index in [0.29, 0.717) is 0 Å². The highest BCUT2D eigenvalue weighted by Gasteiger charge is 2.34. The molecule has 0 aliphatic carbocycles. The minimum absolute atomic E-state index is 0.241. The van der Waals surface area contributed by atoms with Crippen LogP contribution in [-0.2, 0) is 4.79 Å². The Kier molecular flexibility index (Phi) is 2.14. The Morgan fingerprint density at radius 3 is 2.22 bits per heavy atom. The van der Waals surface area contributed by atoms with Gasteiger partial charge in [0.25, 0.3) is 5.91 Å². The summed E-state index contributed by atoms with van der Waals surface area (Å²) in [6.07, 6.45) is 0. The van der Waals surface area contributed by atoms with Crippen LogP contribution in [0.3, 0.4) is 0 Å². The average Bonchev–Trinajstić information content (AvgIpc) is 1.98. The molecular weight excluding hydrogens is 350 g/mol. The van der Waals surface area contributed by atoms with Gasteiger partial charge in [0.05, 0.1) is 22.9 Å². The largest absolute Gasteiger partial charge is 0.334 e. The molecule has 0 spiro atoms. The van der Waals surface area contributed by atoms with Gasteiger partial charge < -0.3 is 0 Å². The lowest BCUT2D eigenvalue weighted by molar-refractivity contribution is -0.118. The number of halogens is 2. The van der Waals surface area contributed by atoms with Crippen molar-refractivity contribution in [3.63, 3.8) is 0 Å². The van der Waals surface area contributed by atoms with Gasteiger partial charge >= 0.3 is 6.03 Å². The number of hydrogen-bond acceptors (Lipinski definition) is 2. The molecule has 1 heterocycles. The summed E-state index contributed by atoms with van der Waals surface area (Å²) < 4.78 is 0.969. The Hall–Kier alpha value is 0.400. The fourth-order valence-electron chi connectivity index (χ4n) is 0.424. The second-order valence-corrected chi connectivity index (χ2v) is 3.66. The molecule has 1 fully saturated rings. The number of imide groups is 1.